The summed E-state index contributed by atoms with van der Waals surface area (Å²) in [5, 5.41) is 2.73. The normalized spacial score (nSPS) is 10.1. The predicted octanol–water partition coefficient (Wildman–Crippen LogP) is 1.15. The SMILES string of the molecule is CC(C)C(=O)Nc1cccc(OCC(N)=O)c1. The van der Waals surface area contributed by atoms with Gasteiger partial charge in [0, 0.05) is 17.7 Å². The first-order chi connectivity index (χ1) is 7.99. The first-order valence-corrected chi connectivity index (χ1v) is 5.31. The molecule has 0 spiro atoms. The Morgan fingerprint density at radius 2 is 2.12 bits per heavy atom. The van der Waals surface area contributed by atoms with E-state index < -0.39 is 5.91 Å². The van der Waals surface area contributed by atoms with Crippen LogP contribution < -0.4 is 15.8 Å². The summed E-state index contributed by atoms with van der Waals surface area (Å²) in [6.07, 6.45) is 0. The fourth-order valence-electron chi connectivity index (χ4n) is 1.10. The van der Waals surface area contributed by atoms with Crippen LogP contribution in [0.15, 0.2) is 24.3 Å². The molecule has 1 rings (SSSR count). The number of ether oxygens (including phenoxy) is 1. The molecule has 17 heavy (non-hydrogen) atoms. The van der Waals surface area contributed by atoms with Crippen LogP contribution in [-0.2, 0) is 9.59 Å². The molecule has 92 valence electrons. The molecule has 0 saturated carbocycles. The Morgan fingerprint density at radius 1 is 1.41 bits per heavy atom. The molecule has 0 atom stereocenters. The van der Waals surface area contributed by atoms with Crippen LogP contribution in [0.3, 0.4) is 0 Å². The highest BCUT2D eigenvalue weighted by Gasteiger charge is 2.07. The number of rotatable bonds is 5. The minimum absolute atomic E-state index is 0.0722. The number of amides is 2. The predicted molar refractivity (Wildman–Crippen MR) is 64.6 cm³/mol. The molecule has 5 heteroatoms. The van der Waals surface area contributed by atoms with Crippen molar-refractivity contribution in [2.24, 2.45) is 11.7 Å². The minimum atomic E-state index is -0.540. The molecule has 2 amide bonds. The summed E-state index contributed by atoms with van der Waals surface area (Å²) in [6.45, 7) is 3.44. The van der Waals surface area contributed by atoms with Crippen molar-refractivity contribution in [1.82, 2.24) is 0 Å². The summed E-state index contributed by atoms with van der Waals surface area (Å²) in [7, 11) is 0. The zero-order valence-electron chi connectivity index (χ0n) is 9.90. The molecular formula is C12H16N2O3. The van der Waals surface area contributed by atoms with Crippen molar-refractivity contribution in [3.05, 3.63) is 24.3 Å². The van der Waals surface area contributed by atoms with Gasteiger partial charge < -0.3 is 15.8 Å². The van der Waals surface area contributed by atoms with Crippen molar-refractivity contribution in [1.29, 1.82) is 0 Å². The van der Waals surface area contributed by atoms with E-state index in [0.717, 1.165) is 0 Å². The smallest absolute Gasteiger partial charge is 0.255 e. The van der Waals surface area contributed by atoms with Gasteiger partial charge >= 0.3 is 0 Å². The van der Waals surface area contributed by atoms with Crippen molar-refractivity contribution in [3.63, 3.8) is 0 Å². The second-order valence-corrected chi connectivity index (χ2v) is 3.93. The van der Waals surface area contributed by atoms with Gasteiger partial charge in [0.1, 0.15) is 5.75 Å². The van der Waals surface area contributed by atoms with Crippen LogP contribution in [0, 0.1) is 5.92 Å². The average Bonchev–Trinajstić information content (AvgIpc) is 2.26. The van der Waals surface area contributed by atoms with E-state index in [-0.39, 0.29) is 18.4 Å². The number of anilines is 1. The molecule has 0 aliphatic carbocycles. The summed E-state index contributed by atoms with van der Waals surface area (Å²) in [5.74, 6) is -0.214. The molecule has 0 aromatic heterocycles. The minimum Gasteiger partial charge on any atom is -0.484 e. The molecule has 1 aromatic rings. The van der Waals surface area contributed by atoms with E-state index in [2.05, 4.69) is 5.32 Å². The van der Waals surface area contributed by atoms with Gasteiger partial charge in [-0.2, -0.15) is 0 Å². The van der Waals surface area contributed by atoms with Crippen molar-refractivity contribution >= 4 is 17.5 Å². The summed E-state index contributed by atoms with van der Waals surface area (Å²) in [4.78, 5) is 22.0. The summed E-state index contributed by atoms with van der Waals surface area (Å²) in [6, 6.07) is 6.81. The van der Waals surface area contributed by atoms with Gasteiger partial charge in [-0.15, -0.1) is 0 Å². The van der Waals surface area contributed by atoms with E-state index in [1.165, 1.54) is 0 Å². The Kier molecular flexibility index (Phi) is 4.51. The maximum atomic E-state index is 11.5. The van der Waals surface area contributed by atoms with Gasteiger partial charge in [0.05, 0.1) is 0 Å². The Bertz CT molecular complexity index is 416. The second-order valence-electron chi connectivity index (χ2n) is 3.93. The lowest BCUT2D eigenvalue weighted by Crippen LogP contribution is -2.20. The highest BCUT2D eigenvalue weighted by molar-refractivity contribution is 5.92. The summed E-state index contributed by atoms with van der Waals surface area (Å²) < 4.78 is 5.12. The number of nitrogens with two attached hydrogens (primary N) is 1. The van der Waals surface area contributed by atoms with Crippen LogP contribution >= 0.6 is 0 Å². The van der Waals surface area contributed by atoms with E-state index in [1.807, 2.05) is 13.8 Å². The lowest BCUT2D eigenvalue weighted by atomic mass is 10.2. The number of hydrogen-bond donors (Lipinski definition) is 2. The monoisotopic (exact) mass is 236 g/mol. The van der Waals surface area contributed by atoms with E-state index in [4.69, 9.17) is 10.5 Å². The number of primary amides is 1. The Labute approximate surface area is 99.9 Å². The maximum absolute atomic E-state index is 11.5. The lowest BCUT2D eigenvalue weighted by molar-refractivity contribution is -0.120. The van der Waals surface area contributed by atoms with Crippen LogP contribution in [0.2, 0.25) is 0 Å². The summed E-state index contributed by atoms with van der Waals surface area (Å²) in [5.41, 5.74) is 5.60. The molecular weight excluding hydrogens is 220 g/mol. The standard InChI is InChI=1S/C12H16N2O3/c1-8(2)12(16)14-9-4-3-5-10(6-9)17-7-11(13)15/h3-6,8H,7H2,1-2H3,(H2,13,15)(H,14,16). The Hall–Kier alpha value is -2.04. The number of nitrogens with one attached hydrogen (secondary N) is 1. The van der Waals surface area contributed by atoms with Gasteiger partial charge in [0.15, 0.2) is 6.61 Å². The van der Waals surface area contributed by atoms with Gasteiger partial charge in [-0.1, -0.05) is 19.9 Å². The second kappa shape index (κ2) is 5.89. The van der Waals surface area contributed by atoms with Crippen LogP contribution in [0.5, 0.6) is 5.75 Å². The Balaban J connectivity index is 2.65. The molecule has 0 heterocycles. The summed E-state index contributed by atoms with van der Waals surface area (Å²) >= 11 is 0. The molecule has 0 radical (unpaired) electrons. The maximum Gasteiger partial charge on any atom is 0.255 e. The number of benzene rings is 1. The van der Waals surface area contributed by atoms with Gasteiger partial charge in [-0.25, -0.2) is 0 Å². The van der Waals surface area contributed by atoms with Crippen LogP contribution in [-0.4, -0.2) is 18.4 Å². The van der Waals surface area contributed by atoms with Crippen LogP contribution in [0.4, 0.5) is 5.69 Å². The molecule has 0 aliphatic rings. The highest BCUT2D eigenvalue weighted by atomic mass is 16.5. The van der Waals surface area contributed by atoms with E-state index in [9.17, 15) is 9.59 Å². The molecule has 0 fully saturated rings. The van der Waals surface area contributed by atoms with Crippen molar-refractivity contribution in [3.8, 4) is 5.75 Å². The largest absolute Gasteiger partial charge is 0.484 e. The molecule has 0 saturated heterocycles. The third kappa shape index (κ3) is 4.55. The van der Waals surface area contributed by atoms with Crippen molar-refractivity contribution in [2.75, 3.05) is 11.9 Å². The fourth-order valence-corrected chi connectivity index (χ4v) is 1.10. The van der Waals surface area contributed by atoms with E-state index in [1.54, 1.807) is 24.3 Å². The molecule has 0 unspecified atom stereocenters. The first-order valence-electron chi connectivity index (χ1n) is 5.31. The molecule has 1 aromatic carbocycles. The van der Waals surface area contributed by atoms with Crippen LogP contribution in [0.1, 0.15) is 13.8 Å². The topological polar surface area (TPSA) is 81.4 Å². The van der Waals surface area contributed by atoms with Crippen molar-refractivity contribution < 1.29 is 14.3 Å². The van der Waals surface area contributed by atoms with E-state index >= 15 is 0 Å². The average molecular weight is 236 g/mol. The zero-order valence-corrected chi connectivity index (χ0v) is 9.90. The number of carbonyl (C=O) groups is 2. The quantitative estimate of drug-likeness (QED) is 0.804. The Morgan fingerprint density at radius 3 is 2.71 bits per heavy atom. The number of hydrogen-bond acceptors (Lipinski definition) is 3. The van der Waals surface area contributed by atoms with Crippen molar-refractivity contribution in [2.45, 2.75) is 13.8 Å². The highest BCUT2D eigenvalue weighted by Crippen LogP contribution is 2.17. The van der Waals surface area contributed by atoms with Gasteiger partial charge in [-0.05, 0) is 12.1 Å². The van der Waals surface area contributed by atoms with E-state index in [0.29, 0.717) is 11.4 Å². The fraction of sp³-hybridized carbons (Fsp3) is 0.333. The number of carbonyl (C=O) groups excluding carboxylic acids is 2. The third-order valence-electron chi connectivity index (χ3n) is 2.01. The molecule has 3 N–H and O–H groups in total. The molecule has 0 aliphatic heterocycles. The zero-order chi connectivity index (χ0) is 12.8. The van der Waals surface area contributed by atoms with Gasteiger partial charge in [0.25, 0.3) is 5.91 Å². The first kappa shape index (κ1) is 13.0. The molecule has 5 nitrogen and oxygen atoms in total. The van der Waals surface area contributed by atoms with Gasteiger partial charge in [-0.3, -0.25) is 9.59 Å². The van der Waals surface area contributed by atoms with Gasteiger partial charge in [0.2, 0.25) is 5.91 Å². The lowest BCUT2D eigenvalue weighted by Gasteiger charge is -2.09. The third-order valence-corrected chi connectivity index (χ3v) is 2.01. The molecule has 0 bridgehead atoms. The van der Waals surface area contributed by atoms with Crippen LogP contribution in [0.25, 0.3) is 0 Å².